The minimum Gasteiger partial charge on any atom is -0.256 e. The van der Waals surface area contributed by atoms with Gasteiger partial charge >= 0.3 is 0 Å². The van der Waals surface area contributed by atoms with Gasteiger partial charge in [0.15, 0.2) is 0 Å². The molecule has 0 aliphatic carbocycles. The summed E-state index contributed by atoms with van der Waals surface area (Å²) in [6.45, 7) is 16.3. The van der Waals surface area contributed by atoms with Gasteiger partial charge in [0.25, 0.3) is 0 Å². The summed E-state index contributed by atoms with van der Waals surface area (Å²) in [6, 6.07) is 16.9. The maximum absolute atomic E-state index is 4.32. The summed E-state index contributed by atoms with van der Waals surface area (Å²) in [5, 5.41) is 2.46. The Balaban J connectivity index is 0.000000238. The van der Waals surface area contributed by atoms with Gasteiger partial charge in [-0.15, -0.1) is 0 Å². The number of benzene rings is 2. The maximum atomic E-state index is 4.32. The molecule has 0 aliphatic heterocycles. The topological polar surface area (TPSA) is 25.8 Å². The van der Waals surface area contributed by atoms with Crippen LogP contribution in [0.15, 0.2) is 60.9 Å². The first-order valence-electron chi connectivity index (χ1n) is 10.2. The molecule has 2 nitrogen and oxygen atoms in total. The molecule has 0 unspecified atom stereocenters. The van der Waals surface area contributed by atoms with Crippen molar-refractivity contribution in [1.29, 1.82) is 0 Å². The van der Waals surface area contributed by atoms with Gasteiger partial charge in [-0.1, -0.05) is 51.0 Å². The lowest BCUT2D eigenvalue weighted by Gasteiger charge is -1.99. The molecule has 0 amide bonds. The van der Waals surface area contributed by atoms with Crippen molar-refractivity contribution in [3.05, 3.63) is 83.2 Å². The first-order valence-corrected chi connectivity index (χ1v) is 10.2. The van der Waals surface area contributed by atoms with Crippen molar-refractivity contribution in [2.24, 2.45) is 0 Å². The van der Waals surface area contributed by atoms with Gasteiger partial charge in [0.05, 0.1) is 11.0 Å². The maximum Gasteiger partial charge on any atom is 0.0702 e. The lowest BCUT2D eigenvalue weighted by atomic mass is 10.1. The molecule has 0 saturated carbocycles. The summed E-state index contributed by atoms with van der Waals surface area (Å²) in [7, 11) is 0. The molecule has 0 spiro atoms. The van der Waals surface area contributed by atoms with Crippen molar-refractivity contribution in [2.45, 2.75) is 55.4 Å². The van der Waals surface area contributed by atoms with Crippen LogP contribution in [0.1, 0.15) is 49.9 Å². The van der Waals surface area contributed by atoms with Crippen molar-refractivity contribution < 1.29 is 0 Å². The summed E-state index contributed by atoms with van der Waals surface area (Å²) < 4.78 is 0. The van der Waals surface area contributed by atoms with E-state index in [0.717, 1.165) is 11.0 Å². The fourth-order valence-electron chi connectivity index (χ4n) is 2.72. The number of nitrogens with zero attached hydrogens (tertiary/aromatic N) is 2. The van der Waals surface area contributed by atoms with Crippen molar-refractivity contribution in [3.63, 3.8) is 0 Å². The van der Waals surface area contributed by atoms with Crippen LogP contribution < -0.4 is 0 Å². The van der Waals surface area contributed by atoms with E-state index < -0.39 is 0 Å². The minimum absolute atomic E-state index is 1.08. The molecule has 148 valence electrons. The third-order valence-corrected chi connectivity index (χ3v) is 3.95. The lowest BCUT2D eigenvalue weighted by molar-refractivity contribution is 1.33. The number of pyridine rings is 2. The molecular formula is C26H34N2. The predicted octanol–water partition coefficient (Wildman–Crippen LogP) is 7.76. The van der Waals surface area contributed by atoms with Crippen LogP contribution in [0.2, 0.25) is 0 Å². The van der Waals surface area contributed by atoms with E-state index in [1.807, 2.05) is 40.1 Å². The monoisotopic (exact) mass is 374 g/mol. The van der Waals surface area contributed by atoms with E-state index in [4.69, 9.17) is 0 Å². The molecule has 4 aromatic rings. The molecule has 0 bridgehead atoms. The minimum atomic E-state index is 1.08. The van der Waals surface area contributed by atoms with Gasteiger partial charge in [-0.05, 0) is 75.2 Å². The Hall–Kier alpha value is -2.74. The number of aryl methyl sites for hydroxylation is 4. The van der Waals surface area contributed by atoms with E-state index in [9.17, 15) is 0 Å². The fourth-order valence-corrected chi connectivity index (χ4v) is 2.72. The molecule has 2 aromatic heterocycles. The van der Waals surface area contributed by atoms with E-state index in [1.165, 1.54) is 33.0 Å². The molecule has 0 aliphatic rings. The smallest absolute Gasteiger partial charge is 0.0702 e. The van der Waals surface area contributed by atoms with Gasteiger partial charge < -0.3 is 0 Å². The van der Waals surface area contributed by atoms with Crippen LogP contribution in [-0.4, -0.2) is 9.97 Å². The van der Waals surface area contributed by atoms with E-state index in [-0.39, 0.29) is 0 Å². The average Bonchev–Trinajstić information content (AvgIpc) is 2.71. The second kappa shape index (κ2) is 11.9. The van der Waals surface area contributed by atoms with Crippen LogP contribution in [0.5, 0.6) is 0 Å². The van der Waals surface area contributed by atoms with E-state index in [1.54, 1.807) is 0 Å². The fraction of sp³-hybridized carbons (Fsp3) is 0.308. The quantitative estimate of drug-likeness (QED) is 0.314. The Kier molecular flexibility index (Phi) is 9.87. The number of aromatic nitrogens is 2. The van der Waals surface area contributed by atoms with Gasteiger partial charge in [0, 0.05) is 23.2 Å². The summed E-state index contributed by atoms with van der Waals surface area (Å²) in [5.74, 6) is 0. The first kappa shape index (κ1) is 23.3. The molecule has 4 rings (SSSR count). The van der Waals surface area contributed by atoms with E-state index in [0.29, 0.717) is 0 Å². The number of rotatable bonds is 0. The standard InChI is InChI=1S/2C11H11N.2C2H6/c2*1-8-3-4-11-10(5-8)6-9(2)7-12-11;2*1-2/h2*3-7H,1-2H3;2*1-2H3. The summed E-state index contributed by atoms with van der Waals surface area (Å²) in [4.78, 5) is 8.64. The van der Waals surface area contributed by atoms with Crippen LogP contribution in [0.3, 0.4) is 0 Å². The van der Waals surface area contributed by atoms with Gasteiger partial charge in [-0.25, -0.2) is 0 Å². The summed E-state index contributed by atoms with van der Waals surface area (Å²) >= 11 is 0. The van der Waals surface area contributed by atoms with Crippen LogP contribution in [0.4, 0.5) is 0 Å². The highest BCUT2D eigenvalue weighted by molar-refractivity contribution is 5.80. The zero-order valence-electron chi connectivity index (χ0n) is 18.7. The molecule has 0 N–H and O–H groups in total. The molecule has 2 aromatic carbocycles. The molecule has 0 saturated heterocycles. The van der Waals surface area contributed by atoms with E-state index in [2.05, 4.69) is 86.2 Å². The molecular weight excluding hydrogens is 340 g/mol. The van der Waals surface area contributed by atoms with Gasteiger partial charge in [0.1, 0.15) is 0 Å². The van der Waals surface area contributed by atoms with Crippen LogP contribution in [-0.2, 0) is 0 Å². The highest BCUT2D eigenvalue weighted by atomic mass is 14.6. The van der Waals surface area contributed by atoms with Crippen molar-refractivity contribution >= 4 is 21.8 Å². The third-order valence-electron chi connectivity index (χ3n) is 3.95. The Morgan fingerprint density at radius 3 is 1.14 bits per heavy atom. The van der Waals surface area contributed by atoms with Crippen molar-refractivity contribution in [3.8, 4) is 0 Å². The predicted molar refractivity (Wildman–Crippen MR) is 125 cm³/mol. The highest BCUT2D eigenvalue weighted by Gasteiger charge is 1.95. The number of hydrogen-bond acceptors (Lipinski definition) is 2. The zero-order chi connectivity index (χ0) is 21.1. The van der Waals surface area contributed by atoms with Gasteiger partial charge in [0.2, 0.25) is 0 Å². The number of fused-ring (bicyclic) bond motifs is 2. The first-order chi connectivity index (χ1) is 13.5. The Morgan fingerprint density at radius 2 is 0.786 bits per heavy atom. The van der Waals surface area contributed by atoms with E-state index >= 15 is 0 Å². The number of hydrogen-bond donors (Lipinski definition) is 0. The molecule has 0 atom stereocenters. The lowest BCUT2D eigenvalue weighted by Crippen LogP contribution is -1.81. The third kappa shape index (κ3) is 6.77. The zero-order valence-corrected chi connectivity index (χ0v) is 18.7. The van der Waals surface area contributed by atoms with Crippen LogP contribution >= 0.6 is 0 Å². The normalized spacial score (nSPS) is 9.43. The van der Waals surface area contributed by atoms with Crippen LogP contribution in [0.25, 0.3) is 21.8 Å². The molecule has 0 radical (unpaired) electrons. The SMILES string of the molecule is CC.CC.Cc1ccc2ncc(C)cc2c1.Cc1ccc2ncc(C)cc2c1. The Labute approximate surface area is 170 Å². The highest BCUT2D eigenvalue weighted by Crippen LogP contribution is 2.15. The molecule has 2 heterocycles. The Morgan fingerprint density at radius 1 is 0.464 bits per heavy atom. The second-order valence-corrected chi connectivity index (χ2v) is 6.42. The molecule has 0 fully saturated rings. The summed E-state index contributed by atoms with van der Waals surface area (Å²) in [6.07, 6.45) is 3.80. The van der Waals surface area contributed by atoms with Gasteiger partial charge in [-0.3, -0.25) is 9.97 Å². The van der Waals surface area contributed by atoms with Crippen molar-refractivity contribution in [1.82, 2.24) is 9.97 Å². The van der Waals surface area contributed by atoms with Gasteiger partial charge in [-0.2, -0.15) is 0 Å². The summed E-state index contributed by atoms with van der Waals surface area (Å²) in [5.41, 5.74) is 7.16. The largest absolute Gasteiger partial charge is 0.256 e. The van der Waals surface area contributed by atoms with Crippen LogP contribution in [0, 0.1) is 27.7 Å². The Bertz CT molecular complexity index is 847. The van der Waals surface area contributed by atoms with Crippen molar-refractivity contribution in [2.75, 3.05) is 0 Å². The second-order valence-electron chi connectivity index (χ2n) is 6.42. The molecule has 2 heteroatoms. The average molecular weight is 375 g/mol. The molecule has 28 heavy (non-hydrogen) atoms.